The zero-order valence-corrected chi connectivity index (χ0v) is 6.36. The molecule has 1 fully saturated rings. The van der Waals surface area contributed by atoms with Crippen LogP contribution in [0.5, 0.6) is 0 Å². The van der Waals surface area contributed by atoms with E-state index in [9.17, 15) is 0 Å². The van der Waals surface area contributed by atoms with Gasteiger partial charge in [0.05, 0.1) is 5.50 Å². The Balaban J connectivity index is 2.35. The van der Waals surface area contributed by atoms with E-state index < -0.39 is 0 Å². The number of piperidine rings is 1. The van der Waals surface area contributed by atoms with Gasteiger partial charge in [0.1, 0.15) is 0 Å². The van der Waals surface area contributed by atoms with E-state index in [0.29, 0.717) is 5.92 Å². The van der Waals surface area contributed by atoms with Crippen LogP contribution in [-0.2, 0) is 0 Å². The highest BCUT2D eigenvalue weighted by molar-refractivity contribution is 6.20. The van der Waals surface area contributed by atoms with Gasteiger partial charge in [-0.15, -0.1) is 11.6 Å². The second kappa shape index (κ2) is 2.86. The lowest BCUT2D eigenvalue weighted by atomic mass is 9.96. The Hall–Kier alpha value is 0.210. The molecule has 54 valence electrons. The zero-order valence-electron chi connectivity index (χ0n) is 5.60. The number of halogens is 1. The fourth-order valence-electron chi connectivity index (χ4n) is 1.02. The summed E-state index contributed by atoms with van der Waals surface area (Å²) in [4.78, 5) is 0. The summed E-state index contributed by atoms with van der Waals surface area (Å²) < 4.78 is 0. The highest BCUT2D eigenvalue weighted by Crippen LogP contribution is 2.14. The average molecular weight is 149 g/mol. The van der Waals surface area contributed by atoms with Crippen molar-refractivity contribution in [2.45, 2.75) is 24.9 Å². The van der Waals surface area contributed by atoms with Gasteiger partial charge in [-0.3, -0.25) is 0 Å². The van der Waals surface area contributed by atoms with Gasteiger partial charge < -0.3 is 11.1 Å². The van der Waals surface area contributed by atoms with E-state index in [2.05, 4.69) is 12.2 Å². The molecule has 0 saturated carbocycles. The topological polar surface area (TPSA) is 38.0 Å². The molecule has 3 heteroatoms. The molecule has 0 amide bonds. The van der Waals surface area contributed by atoms with Crippen LogP contribution in [0.1, 0.15) is 13.3 Å². The van der Waals surface area contributed by atoms with Crippen molar-refractivity contribution in [1.29, 1.82) is 0 Å². The minimum absolute atomic E-state index is 0.0937. The average Bonchev–Trinajstić information content (AvgIpc) is 1.80. The highest BCUT2D eigenvalue weighted by Gasteiger charge is 2.22. The van der Waals surface area contributed by atoms with E-state index in [1.807, 2.05) is 0 Å². The molecule has 2 nitrogen and oxygen atoms in total. The van der Waals surface area contributed by atoms with Crippen LogP contribution < -0.4 is 11.1 Å². The molecular formula is C6H13ClN2. The quantitative estimate of drug-likeness (QED) is 0.388. The summed E-state index contributed by atoms with van der Waals surface area (Å²) in [6, 6.07) is 0.286. The van der Waals surface area contributed by atoms with Gasteiger partial charge in [-0.1, -0.05) is 6.92 Å². The normalized spacial score (nSPS) is 45.0. The lowest BCUT2D eigenvalue weighted by Crippen LogP contribution is -2.46. The Morgan fingerprint density at radius 2 is 2.33 bits per heavy atom. The molecule has 0 aromatic heterocycles. The summed E-state index contributed by atoms with van der Waals surface area (Å²) in [6.45, 7) is 3.09. The second-order valence-electron chi connectivity index (χ2n) is 2.75. The maximum absolute atomic E-state index is 5.79. The molecular weight excluding hydrogens is 136 g/mol. The summed E-state index contributed by atoms with van der Waals surface area (Å²) in [5.74, 6) is 0.569. The van der Waals surface area contributed by atoms with Gasteiger partial charge in [-0.2, -0.15) is 0 Å². The second-order valence-corrected chi connectivity index (χ2v) is 3.28. The Morgan fingerprint density at radius 3 is 2.78 bits per heavy atom. The van der Waals surface area contributed by atoms with E-state index in [1.54, 1.807) is 0 Å². The first-order valence-electron chi connectivity index (χ1n) is 3.33. The highest BCUT2D eigenvalue weighted by atomic mass is 35.5. The first kappa shape index (κ1) is 7.32. The van der Waals surface area contributed by atoms with Crippen LogP contribution in [0.3, 0.4) is 0 Å². The lowest BCUT2D eigenvalue weighted by molar-refractivity contribution is 0.331. The van der Waals surface area contributed by atoms with Crippen molar-refractivity contribution in [3.8, 4) is 0 Å². The molecule has 0 aromatic rings. The van der Waals surface area contributed by atoms with Crippen molar-refractivity contribution < 1.29 is 0 Å². The van der Waals surface area contributed by atoms with Crippen molar-refractivity contribution in [2.24, 2.45) is 11.7 Å². The summed E-state index contributed by atoms with van der Waals surface area (Å²) in [5, 5.41) is 3.15. The number of alkyl halides is 1. The van der Waals surface area contributed by atoms with Gasteiger partial charge >= 0.3 is 0 Å². The Labute approximate surface area is 60.8 Å². The third-order valence-corrected chi connectivity index (χ3v) is 2.20. The maximum Gasteiger partial charge on any atom is 0.0840 e. The molecule has 1 aliphatic rings. The van der Waals surface area contributed by atoms with Gasteiger partial charge in [0.25, 0.3) is 0 Å². The minimum Gasteiger partial charge on any atom is -0.327 e. The summed E-state index contributed by atoms with van der Waals surface area (Å²) in [5.41, 5.74) is 5.84. The van der Waals surface area contributed by atoms with E-state index in [4.69, 9.17) is 17.3 Å². The molecule has 1 heterocycles. The molecule has 1 rings (SSSR count). The van der Waals surface area contributed by atoms with Gasteiger partial charge in [0, 0.05) is 12.6 Å². The maximum atomic E-state index is 5.79. The first-order chi connectivity index (χ1) is 4.20. The number of hydrogen-bond donors (Lipinski definition) is 2. The van der Waals surface area contributed by atoms with Crippen molar-refractivity contribution in [3.63, 3.8) is 0 Å². The Morgan fingerprint density at radius 1 is 1.67 bits per heavy atom. The first-order valence-corrected chi connectivity index (χ1v) is 3.77. The number of hydrogen-bond acceptors (Lipinski definition) is 2. The van der Waals surface area contributed by atoms with Crippen LogP contribution in [0.15, 0.2) is 0 Å². The lowest BCUT2D eigenvalue weighted by Gasteiger charge is -2.29. The summed E-state index contributed by atoms with van der Waals surface area (Å²) >= 11 is 5.79. The smallest absolute Gasteiger partial charge is 0.0840 e. The van der Waals surface area contributed by atoms with Crippen molar-refractivity contribution >= 4 is 11.6 Å². The monoisotopic (exact) mass is 148 g/mol. The van der Waals surface area contributed by atoms with Crippen LogP contribution in [0.4, 0.5) is 0 Å². The van der Waals surface area contributed by atoms with Crippen LogP contribution in [0.2, 0.25) is 0 Å². The van der Waals surface area contributed by atoms with Crippen molar-refractivity contribution in [2.75, 3.05) is 6.54 Å². The molecule has 0 aromatic carbocycles. The molecule has 0 aliphatic carbocycles. The van der Waals surface area contributed by atoms with E-state index in [-0.39, 0.29) is 11.5 Å². The molecule has 3 N–H and O–H groups in total. The largest absolute Gasteiger partial charge is 0.327 e. The number of nitrogens with two attached hydrogens (primary N) is 1. The molecule has 3 atom stereocenters. The summed E-state index contributed by atoms with van der Waals surface area (Å²) in [7, 11) is 0. The summed E-state index contributed by atoms with van der Waals surface area (Å²) in [6.07, 6.45) is 0.892. The fraction of sp³-hybridized carbons (Fsp3) is 1.00. The SMILES string of the molecule is CC1CNC(Cl)CC1N. The van der Waals surface area contributed by atoms with E-state index in [0.717, 1.165) is 13.0 Å². The zero-order chi connectivity index (χ0) is 6.85. The minimum atomic E-state index is 0.0937. The van der Waals surface area contributed by atoms with Gasteiger partial charge in [-0.05, 0) is 12.3 Å². The molecule has 0 bridgehead atoms. The molecule has 3 unspecified atom stereocenters. The molecule has 9 heavy (non-hydrogen) atoms. The van der Waals surface area contributed by atoms with Crippen molar-refractivity contribution in [1.82, 2.24) is 5.32 Å². The third-order valence-electron chi connectivity index (χ3n) is 1.87. The van der Waals surface area contributed by atoms with E-state index >= 15 is 0 Å². The van der Waals surface area contributed by atoms with Crippen LogP contribution in [0.25, 0.3) is 0 Å². The van der Waals surface area contributed by atoms with Crippen LogP contribution in [-0.4, -0.2) is 18.1 Å². The van der Waals surface area contributed by atoms with Gasteiger partial charge in [-0.25, -0.2) is 0 Å². The predicted octanol–water partition coefficient (Wildman–Crippen LogP) is 0.508. The number of nitrogens with one attached hydrogen (secondary N) is 1. The van der Waals surface area contributed by atoms with E-state index in [1.165, 1.54) is 0 Å². The van der Waals surface area contributed by atoms with Gasteiger partial charge in [0.2, 0.25) is 0 Å². The predicted molar refractivity (Wildman–Crippen MR) is 39.4 cm³/mol. The standard InChI is InChI=1S/C6H13ClN2/c1-4-3-9-6(7)2-5(4)8/h4-6,9H,2-3,8H2,1H3. The van der Waals surface area contributed by atoms with Crippen molar-refractivity contribution in [3.05, 3.63) is 0 Å². The van der Waals surface area contributed by atoms with Gasteiger partial charge in [0.15, 0.2) is 0 Å². The number of rotatable bonds is 0. The molecule has 0 spiro atoms. The Kier molecular flexibility index (Phi) is 2.33. The third kappa shape index (κ3) is 1.81. The van der Waals surface area contributed by atoms with Crippen LogP contribution in [0, 0.1) is 5.92 Å². The molecule has 1 aliphatic heterocycles. The van der Waals surface area contributed by atoms with Crippen LogP contribution >= 0.6 is 11.6 Å². The Bertz CT molecular complexity index is 97.1. The molecule has 1 saturated heterocycles. The fourth-order valence-corrected chi connectivity index (χ4v) is 1.31. The molecule has 0 radical (unpaired) electrons.